The van der Waals surface area contributed by atoms with Crippen molar-refractivity contribution >= 4 is 34.3 Å². The first-order valence-electron chi connectivity index (χ1n) is 10.7. The van der Waals surface area contributed by atoms with Gasteiger partial charge in [0.1, 0.15) is 11.5 Å². The maximum absolute atomic E-state index is 12.6. The number of nitrogens with zero attached hydrogens (tertiary/aromatic N) is 1. The highest BCUT2D eigenvalue weighted by Gasteiger charge is 2.23. The normalized spacial score (nSPS) is 11.5. The third-order valence-electron chi connectivity index (χ3n) is 5.36. The van der Waals surface area contributed by atoms with Crippen LogP contribution in [0.3, 0.4) is 0 Å². The van der Waals surface area contributed by atoms with Gasteiger partial charge in [-0.05, 0) is 61.0 Å². The monoisotopic (exact) mass is 488 g/mol. The van der Waals surface area contributed by atoms with Crippen molar-refractivity contribution in [3.63, 3.8) is 0 Å². The Morgan fingerprint density at radius 3 is 2.23 bits per heavy atom. The van der Waals surface area contributed by atoms with Crippen molar-refractivity contribution in [3.8, 4) is 22.6 Å². The number of benzene rings is 4. The van der Waals surface area contributed by atoms with Crippen molar-refractivity contribution < 1.29 is 23.0 Å². The topological polar surface area (TPSA) is 102 Å². The Bertz CT molecular complexity index is 1370. The summed E-state index contributed by atoms with van der Waals surface area (Å²) in [4.78, 5) is 12.6. The molecule has 1 atom stereocenters. The Labute approximate surface area is 206 Å². The summed E-state index contributed by atoms with van der Waals surface area (Å²) >= 11 is -2.44. The van der Waals surface area contributed by atoms with Gasteiger partial charge in [0.15, 0.2) is 0 Å². The molecule has 0 saturated heterocycles. The van der Waals surface area contributed by atoms with E-state index in [0.717, 1.165) is 21.0 Å². The molecule has 0 saturated carbocycles. The SMILES string of the molecule is COC(=O)c1cc(Oc2ccc(N)c(-c3ccccc3)c2)ccc1N(c1ccc(C)cc1)S(=O)O. The van der Waals surface area contributed by atoms with Crippen LogP contribution in [-0.4, -0.2) is 21.8 Å². The molecule has 0 heterocycles. The average molecular weight is 489 g/mol. The largest absolute Gasteiger partial charge is 0.465 e. The fourth-order valence-electron chi connectivity index (χ4n) is 3.63. The van der Waals surface area contributed by atoms with Gasteiger partial charge in [0.25, 0.3) is 11.3 Å². The van der Waals surface area contributed by atoms with Gasteiger partial charge in [-0.15, -0.1) is 0 Å². The zero-order valence-electron chi connectivity index (χ0n) is 19.2. The van der Waals surface area contributed by atoms with E-state index in [0.29, 0.717) is 22.9 Å². The first-order chi connectivity index (χ1) is 16.9. The van der Waals surface area contributed by atoms with E-state index in [2.05, 4.69) is 0 Å². The predicted octanol–water partition coefficient (Wildman–Crippen LogP) is 6.10. The molecular weight excluding hydrogens is 464 g/mol. The van der Waals surface area contributed by atoms with E-state index >= 15 is 0 Å². The van der Waals surface area contributed by atoms with Crippen molar-refractivity contribution in [1.82, 2.24) is 0 Å². The second kappa shape index (κ2) is 10.4. The van der Waals surface area contributed by atoms with Crippen LogP contribution in [0, 0.1) is 6.92 Å². The van der Waals surface area contributed by atoms with E-state index < -0.39 is 17.2 Å². The number of hydrogen-bond donors (Lipinski definition) is 2. The highest BCUT2D eigenvalue weighted by atomic mass is 32.2. The molecule has 35 heavy (non-hydrogen) atoms. The number of rotatable bonds is 7. The molecule has 4 rings (SSSR count). The van der Waals surface area contributed by atoms with Crippen LogP contribution in [0.2, 0.25) is 0 Å². The molecule has 0 bridgehead atoms. The van der Waals surface area contributed by atoms with Gasteiger partial charge in [-0.25, -0.2) is 13.3 Å². The number of esters is 1. The third kappa shape index (κ3) is 5.34. The minimum atomic E-state index is -2.44. The molecule has 7 nitrogen and oxygen atoms in total. The second-order valence-electron chi connectivity index (χ2n) is 7.75. The Morgan fingerprint density at radius 1 is 0.914 bits per heavy atom. The van der Waals surface area contributed by atoms with Crippen LogP contribution >= 0.6 is 0 Å². The Balaban J connectivity index is 1.73. The van der Waals surface area contributed by atoms with Crippen molar-refractivity contribution in [1.29, 1.82) is 0 Å². The van der Waals surface area contributed by atoms with Crippen LogP contribution in [0.25, 0.3) is 11.1 Å². The van der Waals surface area contributed by atoms with Gasteiger partial charge in [0.2, 0.25) is 0 Å². The molecule has 0 fully saturated rings. The highest BCUT2D eigenvalue weighted by molar-refractivity contribution is 7.81. The van der Waals surface area contributed by atoms with E-state index in [4.69, 9.17) is 15.2 Å². The molecule has 0 aromatic heterocycles. The summed E-state index contributed by atoms with van der Waals surface area (Å²) in [6, 6.07) is 26.7. The van der Waals surface area contributed by atoms with E-state index in [9.17, 15) is 13.6 Å². The number of nitrogens with two attached hydrogens (primary N) is 1. The summed E-state index contributed by atoms with van der Waals surface area (Å²) in [7, 11) is 1.25. The quantitative estimate of drug-likeness (QED) is 0.185. The van der Waals surface area contributed by atoms with Gasteiger partial charge < -0.3 is 15.2 Å². The zero-order valence-corrected chi connectivity index (χ0v) is 20.0. The third-order valence-corrected chi connectivity index (χ3v) is 6.08. The van der Waals surface area contributed by atoms with Gasteiger partial charge in [0.05, 0.1) is 24.0 Å². The summed E-state index contributed by atoms with van der Waals surface area (Å²) < 4.78 is 34.4. The van der Waals surface area contributed by atoms with Gasteiger partial charge in [-0.2, -0.15) is 0 Å². The number of ether oxygens (including phenoxy) is 2. The fourth-order valence-corrected chi connectivity index (χ4v) is 4.25. The lowest BCUT2D eigenvalue weighted by Gasteiger charge is -2.23. The molecule has 4 aromatic carbocycles. The molecule has 3 N–H and O–H groups in total. The smallest absolute Gasteiger partial charge is 0.340 e. The maximum Gasteiger partial charge on any atom is 0.340 e. The summed E-state index contributed by atoms with van der Waals surface area (Å²) in [5.74, 6) is 0.198. The Morgan fingerprint density at radius 2 is 1.57 bits per heavy atom. The minimum Gasteiger partial charge on any atom is -0.465 e. The predicted molar refractivity (Wildman–Crippen MR) is 138 cm³/mol. The van der Waals surface area contributed by atoms with E-state index in [1.165, 1.54) is 13.2 Å². The van der Waals surface area contributed by atoms with Crippen LogP contribution in [0.4, 0.5) is 17.1 Å². The Kier molecular flexibility index (Phi) is 7.14. The van der Waals surface area contributed by atoms with Gasteiger partial charge in [-0.3, -0.25) is 4.55 Å². The average Bonchev–Trinajstić information content (AvgIpc) is 2.87. The van der Waals surface area contributed by atoms with Crippen molar-refractivity contribution in [2.24, 2.45) is 0 Å². The van der Waals surface area contributed by atoms with Gasteiger partial charge >= 0.3 is 5.97 Å². The summed E-state index contributed by atoms with van der Waals surface area (Å²) in [5.41, 5.74) is 10.3. The number of nitrogen functional groups attached to an aromatic ring is 1. The van der Waals surface area contributed by atoms with E-state index in [1.54, 1.807) is 36.4 Å². The molecular formula is C27H24N2O5S. The number of carbonyl (C=O) groups is 1. The molecule has 0 aliphatic carbocycles. The lowest BCUT2D eigenvalue weighted by molar-refractivity contribution is 0.0601. The van der Waals surface area contributed by atoms with Crippen LogP contribution in [0.1, 0.15) is 15.9 Å². The Hall–Kier alpha value is -4.14. The summed E-state index contributed by atoms with van der Waals surface area (Å²) in [6.45, 7) is 1.91. The van der Waals surface area contributed by atoms with Crippen LogP contribution in [0.5, 0.6) is 11.5 Å². The molecule has 8 heteroatoms. The maximum atomic E-state index is 12.6. The molecule has 0 aliphatic rings. The first kappa shape index (κ1) is 24.0. The van der Waals surface area contributed by atoms with E-state index in [-0.39, 0.29) is 11.3 Å². The lowest BCUT2D eigenvalue weighted by atomic mass is 10.0. The number of aryl methyl sites for hydroxylation is 1. The molecule has 0 aliphatic heterocycles. The van der Waals surface area contributed by atoms with Crippen LogP contribution in [0.15, 0.2) is 91.0 Å². The van der Waals surface area contributed by atoms with Crippen molar-refractivity contribution in [3.05, 3.63) is 102 Å². The minimum absolute atomic E-state index is 0.0757. The van der Waals surface area contributed by atoms with Crippen LogP contribution < -0.4 is 14.8 Å². The fraction of sp³-hybridized carbons (Fsp3) is 0.0741. The molecule has 178 valence electrons. The van der Waals surface area contributed by atoms with Crippen molar-refractivity contribution in [2.75, 3.05) is 17.1 Å². The molecule has 0 amide bonds. The highest BCUT2D eigenvalue weighted by Crippen LogP contribution is 2.36. The number of carbonyl (C=O) groups excluding carboxylic acids is 1. The number of anilines is 3. The molecule has 4 aromatic rings. The van der Waals surface area contributed by atoms with Gasteiger partial charge in [0, 0.05) is 11.3 Å². The summed E-state index contributed by atoms with van der Waals surface area (Å²) in [5, 5.41) is 0. The van der Waals surface area contributed by atoms with Gasteiger partial charge in [-0.1, -0.05) is 48.0 Å². The second-order valence-corrected chi connectivity index (χ2v) is 8.57. The lowest BCUT2D eigenvalue weighted by Crippen LogP contribution is -2.22. The molecule has 0 spiro atoms. The first-order valence-corrected chi connectivity index (χ1v) is 11.8. The number of hydrogen-bond acceptors (Lipinski definition) is 5. The van der Waals surface area contributed by atoms with Crippen LogP contribution in [-0.2, 0) is 16.0 Å². The van der Waals surface area contributed by atoms with E-state index in [1.807, 2.05) is 55.5 Å². The zero-order chi connectivity index (χ0) is 24.9. The summed E-state index contributed by atoms with van der Waals surface area (Å²) in [6.07, 6.45) is 0. The molecule has 1 unspecified atom stereocenters. The standard InChI is InChI=1S/C27H24N2O5S/c1-18-8-10-20(11-9-18)29(35(31)32)26-15-13-22(17-24(26)27(30)33-2)34-21-12-14-25(28)23(16-21)19-6-4-3-5-7-19/h3-17H,28H2,1-2H3,(H,31,32). The molecule has 0 radical (unpaired) electrons. The number of methoxy groups -OCH3 is 1. The van der Waals surface area contributed by atoms with Crippen molar-refractivity contribution in [2.45, 2.75) is 6.92 Å².